The Morgan fingerprint density at radius 2 is 1.61 bits per heavy atom. The minimum atomic E-state index is -4.90. The Bertz CT molecular complexity index is 1250. The van der Waals surface area contributed by atoms with Crippen molar-refractivity contribution in [2.24, 2.45) is 5.73 Å². The fourth-order valence-electron chi connectivity index (χ4n) is 3.30. The minimum absolute atomic E-state index is 0.132. The van der Waals surface area contributed by atoms with Crippen LogP contribution in [0.1, 0.15) is 22.7 Å². The first kappa shape index (κ1) is 24.7. The van der Waals surface area contributed by atoms with Crippen molar-refractivity contribution in [3.63, 3.8) is 0 Å². The summed E-state index contributed by atoms with van der Waals surface area (Å²) in [5, 5.41) is 0.222. The molecule has 0 aliphatic heterocycles. The lowest BCUT2D eigenvalue weighted by molar-refractivity contribution is -0.138. The molecule has 0 radical (unpaired) electrons. The van der Waals surface area contributed by atoms with Gasteiger partial charge >= 0.3 is 6.18 Å². The van der Waals surface area contributed by atoms with Gasteiger partial charge in [0.15, 0.2) is 0 Å². The summed E-state index contributed by atoms with van der Waals surface area (Å²) in [6.45, 7) is -0.972. The van der Waals surface area contributed by atoms with Crippen molar-refractivity contribution in [1.29, 1.82) is 0 Å². The maximum atomic E-state index is 13.9. The van der Waals surface area contributed by atoms with Crippen LogP contribution in [0.4, 0.5) is 17.6 Å². The Labute approximate surface area is 192 Å². The summed E-state index contributed by atoms with van der Waals surface area (Å²) in [5.41, 5.74) is 3.73. The van der Waals surface area contributed by atoms with Crippen LogP contribution in [0.2, 0.25) is 5.02 Å². The van der Waals surface area contributed by atoms with Crippen molar-refractivity contribution in [3.8, 4) is 0 Å². The van der Waals surface area contributed by atoms with Gasteiger partial charge in [-0.05, 0) is 53.6 Å². The molecule has 0 bridgehead atoms. The van der Waals surface area contributed by atoms with E-state index in [-0.39, 0.29) is 15.5 Å². The van der Waals surface area contributed by atoms with Gasteiger partial charge in [0.05, 0.1) is 10.5 Å². The van der Waals surface area contributed by atoms with Gasteiger partial charge in [0.2, 0.25) is 15.9 Å². The lowest BCUT2D eigenvalue weighted by atomic mass is 10.0. The molecule has 0 saturated carbocycles. The quantitative estimate of drug-likeness (QED) is 0.468. The van der Waals surface area contributed by atoms with E-state index in [0.29, 0.717) is 22.5 Å². The number of amides is 1. The largest absolute Gasteiger partial charge is 0.416 e. The molecule has 11 heteroatoms. The molecule has 0 fully saturated rings. The molecule has 174 valence electrons. The predicted octanol–water partition coefficient (Wildman–Crippen LogP) is 4.92. The number of benzene rings is 3. The van der Waals surface area contributed by atoms with E-state index in [1.165, 1.54) is 36.4 Å². The summed E-state index contributed by atoms with van der Waals surface area (Å²) < 4.78 is 82.2. The molecule has 1 atom stereocenters. The second-order valence-corrected chi connectivity index (χ2v) is 9.35. The van der Waals surface area contributed by atoms with Crippen LogP contribution < -0.4 is 5.73 Å². The lowest BCUT2D eigenvalue weighted by Crippen LogP contribution is -2.41. The van der Waals surface area contributed by atoms with Crippen LogP contribution in [0.3, 0.4) is 0 Å². The van der Waals surface area contributed by atoms with Crippen LogP contribution in [0, 0.1) is 5.82 Å². The first-order chi connectivity index (χ1) is 15.4. The molecule has 0 heterocycles. The average molecular weight is 501 g/mol. The summed E-state index contributed by atoms with van der Waals surface area (Å²) in [6.07, 6.45) is -4.90. The number of carbonyl (C=O) groups excluding carboxylic acids is 1. The second-order valence-electron chi connectivity index (χ2n) is 7.02. The van der Waals surface area contributed by atoms with E-state index in [9.17, 15) is 30.8 Å². The van der Waals surface area contributed by atoms with Crippen molar-refractivity contribution in [3.05, 3.63) is 100 Å². The molecular weight excluding hydrogens is 484 g/mol. The second kappa shape index (κ2) is 9.50. The number of nitrogens with two attached hydrogens (primary N) is 1. The van der Waals surface area contributed by atoms with E-state index in [4.69, 9.17) is 17.3 Å². The molecule has 3 aromatic rings. The Hall–Kier alpha value is -2.95. The van der Waals surface area contributed by atoms with Crippen molar-refractivity contribution < 1.29 is 30.8 Å². The van der Waals surface area contributed by atoms with Crippen molar-refractivity contribution >= 4 is 27.5 Å². The Morgan fingerprint density at radius 1 is 1.00 bits per heavy atom. The number of hydrogen-bond donors (Lipinski definition) is 1. The molecule has 2 N–H and O–H groups in total. The highest BCUT2D eigenvalue weighted by molar-refractivity contribution is 7.89. The lowest BCUT2D eigenvalue weighted by Gasteiger charge is -2.30. The number of halogens is 5. The maximum absolute atomic E-state index is 13.9. The zero-order valence-corrected chi connectivity index (χ0v) is 18.3. The molecule has 0 spiro atoms. The molecule has 3 aromatic carbocycles. The summed E-state index contributed by atoms with van der Waals surface area (Å²) in [4.78, 5) is 12.1. The Kier molecular flexibility index (Phi) is 7.11. The SMILES string of the molecule is NC(=O)C(c1ccccc1)N(Cc1cc(F)ccc1C(F)(F)F)S(=O)(=O)c1ccc(Cl)cc1. The number of nitrogens with zero attached hydrogens (tertiary/aromatic N) is 1. The molecule has 0 saturated heterocycles. The fraction of sp³-hybridized carbons (Fsp3) is 0.136. The van der Waals surface area contributed by atoms with E-state index in [2.05, 4.69) is 0 Å². The van der Waals surface area contributed by atoms with Crippen LogP contribution in [0.15, 0.2) is 77.7 Å². The van der Waals surface area contributed by atoms with Crippen molar-refractivity contribution in [2.75, 3.05) is 0 Å². The normalized spacial score (nSPS) is 13.2. The van der Waals surface area contributed by atoms with Crippen LogP contribution in [0.5, 0.6) is 0 Å². The topological polar surface area (TPSA) is 80.5 Å². The first-order valence-electron chi connectivity index (χ1n) is 9.38. The molecule has 1 amide bonds. The zero-order chi connectivity index (χ0) is 24.4. The van der Waals surface area contributed by atoms with Gasteiger partial charge in [-0.15, -0.1) is 0 Å². The Balaban J connectivity index is 2.23. The van der Waals surface area contributed by atoms with Crippen LogP contribution in [-0.2, 0) is 27.5 Å². The molecule has 0 aromatic heterocycles. The minimum Gasteiger partial charge on any atom is -0.368 e. The maximum Gasteiger partial charge on any atom is 0.416 e. The standard InChI is InChI=1S/C22H17ClF4N2O3S/c23-16-6-9-18(10-7-16)33(31,32)29(20(21(28)30)14-4-2-1-3-5-14)13-15-12-17(24)8-11-19(15)22(25,26)27/h1-12,20H,13H2,(H2,28,30). The van der Waals surface area contributed by atoms with Gasteiger partial charge in [-0.25, -0.2) is 12.8 Å². The molecular formula is C22H17ClF4N2O3S. The molecule has 5 nitrogen and oxygen atoms in total. The highest BCUT2D eigenvalue weighted by Crippen LogP contribution is 2.36. The monoisotopic (exact) mass is 500 g/mol. The third kappa shape index (κ3) is 5.52. The van der Waals surface area contributed by atoms with Crippen LogP contribution >= 0.6 is 11.6 Å². The van der Waals surface area contributed by atoms with E-state index in [1.54, 1.807) is 6.07 Å². The van der Waals surface area contributed by atoms with Crippen LogP contribution in [0.25, 0.3) is 0 Å². The number of rotatable bonds is 7. The van der Waals surface area contributed by atoms with Gasteiger partial charge in [0.25, 0.3) is 0 Å². The molecule has 1 unspecified atom stereocenters. The summed E-state index contributed by atoms with van der Waals surface area (Å²) >= 11 is 5.82. The molecule has 0 aliphatic carbocycles. The third-order valence-electron chi connectivity index (χ3n) is 4.79. The van der Waals surface area contributed by atoms with E-state index < -0.39 is 51.6 Å². The fourth-order valence-corrected chi connectivity index (χ4v) is 4.99. The van der Waals surface area contributed by atoms with Crippen molar-refractivity contribution in [2.45, 2.75) is 23.7 Å². The summed E-state index contributed by atoms with van der Waals surface area (Å²) in [6, 6.07) is 12.3. The number of sulfonamides is 1. The molecule has 3 rings (SSSR count). The first-order valence-corrected chi connectivity index (χ1v) is 11.2. The smallest absolute Gasteiger partial charge is 0.368 e. The van der Waals surface area contributed by atoms with Crippen LogP contribution in [-0.4, -0.2) is 18.6 Å². The third-order valence-corrected chi connectivity index (χ3v) is 6.87. The molecule has 33 heavy (non-hydrogen) atoms. The highest BCUT2D eigenvalue weighted by atomic mass is 35.5. The summed E-state index contributed by atoms with van der Waals surface area (Å²) in [7, 11) is -4.60. The number of alkyl halides is 3. The summed E-state index contributed by atoms with van der Waals surface area (Å²) in [5.74, 6) is -2.12. The Morgan fingerprint density at radius 3 is 2.15 bits per heavy atom. The average Bonchev–Trinajstić information content (AvgIpc) is 2.73. The number of carbonyl (C=O) groups is 1. The van der Waals surface area contributed by atoms with Gasteiger partial charge in [0.1, 0.15) is 11.9 Å². The number of hydrogen-bond acceptors (Lipinski definition) is 3. The zero-order valence-electron chi connectivity index (χ0n) is 16.8. The van der Waals surface area contributed by atoms with Gasteiger partial charge in [0, 0.05) is 11.6 Å². The van der Waals surface area contributed by atoms with E-state index in [0.717, 1.165) is 12.1 Å². The van der Waals surface area contributed by atoms with Gasteiger partial charge in [-0.3, -0.25) is 4.79 Å². The predicted molar refractivity (Wildman–Crippen MR) is 114 cm³/mol. The van der Waals surface area contributed by atoms with E-state index in [1.807, 2.05) is 0 Å². The van der Waals surface area contributed by atoms with Gasteiger partial charge in [-0.1, -0.05) is 41.9 Å². The number of primary amides is 1. The highest BCUT2D eigenvalue weighted by Gasteiger charge is 2.39. The van der Waals surface area contributed by atoms with Gasteiger partial charge in [-0.2, -0.15) is 17.5 Å². The van der Waals surface area contributed by atoms with E-state index >= 15 is 0 Å². The van der Waals surface area contributed by atoms with Crippen molar-refractivity contribution in [1.82, 2.24) is 4.31 Å². The van der Waals surface area contributed by atoms with Gasteiger partial charge < -0.3 is 5.73 Å². The molecule has 0 aliphatic rings.